The number of alkyl halides is 14. The molecule has 0 fully saturated rings. The second-order valence-corrected chi connectivity index (χ2v) is 4.97. The Bertz CT molecular complexity index is 592. The van der Waals surface area contributed by atoms with Gasteiger partial charge in [0, 0.05) is 6.42 Å². The molecule has 0 spiro atoms. The van der Waals surface area contributed by atoms with Gasteiger partial charge < -0.3 is 5.11 Å². The molecule has 0 aliphatic rings. The number of carboxylic acid groups (broad SMARTS) is 1. The smallest absolute Gasteiger partial charge is 0.460 e. The molecule has 0 heterocycles. The minimum atomic E-state index is -8.27. The predicted octanol–water partition coefficient (Wildman–Crippen LogP) is 5.09. The molecule has 0 aromatic heterocycles. The van der Waals surface area contributed by atoms with E-state index in [2.05, 4.69) is 6.58 Å². The minimum Gasteiger partial charge on any atom is -0.479 e. The van der Waals surface area contributed by atoms with Crippen LogP contribution in [0, 0.1) is 0 Å². The normalized spacial score (nSPS) is 17.4. The number of carboxylic acids is 1. The van der Waals surface area contributed by atoms with Crippen molar-refractivity contribution in [1.29, 1.82) is 0 Å². The largest absolute Gasteiger partial charge is 0.479 e. The standard InChI is InChI=1S/C11H6F14O2/c1-2-3-5(12,4(26)27)6(13,14)7(15,16)8(17,18)9(19,20)10(21,22)11(23,24)25/h2H,1,3H2,(H,26,27). The van der Waals surface area contributed by atoms with Gasteiger partial charge in [0.25, 0.3) is 5.67 Å². The third-order valence-corrected chi connectivity index (χ3v) is 3.20. The lowest BCUT2D eigenvalue weighted by Crippen LogP contribution is -2.74. The van der Waals surface area contributed by atoms with Crippen molar-refractivity contribution in [3.05, 3.63) is 12.7 Å². The van der Waals surface area contributed by atoms with E-state index in [0.29, 0.717) is 0 Å². The van der Waals surface area contributed by atoms with E-state index in [4.69, 9.17) is 5.11 Å². The number of hydrogen-bond acceptors (Lipinski definition) is 1. The van der Waals surface area contributed by atoms with Gasteiger partial charge in [0.15, 0.2) is 0 Å². The third-order valence-electron chi connectivity index (χ3n) is 3.20. The Kier molecular flexibility index (Phi) is 5.97. The van der Waals surface area contributed by atoms with Gasteiger partial charge >= 0.3 is 41.8 Å². The molecular formula is C11H6F14O2. The summed E-state index contributed by atoms with van der Waals surface area (Å²) in [4.78, 5) is 10.4. The summed E-state index contributed by atoms with van der Waals surface area (Å²) in [6.45, 7) is 2.42. The lowest BCUT2D eigenvalue weighted by atomic mass is 9.83. The van der Waals surface area contributed by atoms with Crippen LogP contribution < -0.4 is 0 Å². The molecule has 0 rings (SSSR count). The van der Waals surface area contributed by atoms with Gasteiger partial charge in [-0.25, -0.2) is 9.18 Å². The summed E-state index contributed by atoms with van der Waals surface area (Å²) in [5.74, 6) is -43.5. The number of carbonyl (C=O) groups is 1. The highest BCUT2D eigenvalue weighted by atomic mass is 19.4. The fraction of sp³-hybridized carbons (Fsp3) is 0.727. The quantitative estimate of drug-likeness (QED) is 0.425. The molecule has 0 radical (unpaired) electrons. The van der Waals surface area contributed by atoms with E-state index in [-0.39, 0.29) is 6.08 Å². The van der Waals surface area contributed by atoms with E-state index < -0.39 is 53.8 Å². The Labute approximate surface area is 139 Å². The molecule has 0 amide bonds. The maximum atomic E-state index is 13.7. The molecule has 1 N–H and O–H groups in total. The number of aliphatic carboxylic acids is 1. The van der Waals surface area contributed by atoms with Crippen molar-refractivity contribution in [1.82, 2.24) is 0 Å². The predicted molar refractivity (Wildman–Crippen MR) is 57.1 cm³/mol. The summed E-state index contributed by atoms with van der Waals surface area (Å²) in [5, 5.41) is 8.22. The first-order chi connectivity index (χ1) is 11.5. The second-order valence-electron chi connectivity index (χ2n) is 4.97. The Morgan fingerprint density at radius 1 is 0.667 bits per heavy atom. The first-order valence-corrected chi connectivity index (χ1v) is 5.99. The highest BCUT2D eigenvalue weighted by molar-refractivity contribution is 5.79. The van der Waals surface area contributed by atoms with Crippen LogP contribution in [0.5, 0.6) is 0 Å². The molecule has 0 aromatic rings. The van der Waals surface area contributed by atoms with Gasteiger partial charge in [0.2, 0.25) is 0 Å². The molecule has 1 unspecified atom stereocenters. The summed E-state index contributed by atoms with van der Waals surface area (Å²) < 4.78 is 180. The summed E-state index contributed by atoms with van der Waals surface area (Å²) in [7, 11) is 0. The van der Waals surface area contributed by atoms with Crippen LogP contribution >= 0.6 is 0 Å². The van der Waals surface area contributed by atoms with Gasteiger partial charge in [-0.05, 0) is 0 Å². The van der Waals surface area contributed by atoms with E-state index in [1.165, 1.54) is 0 Å². The van der Waals surface area contributed by atoms with Gasteiger partial charge in [0.1, 0.15) is 0 Å². The molecule has 0 saturated carbocycles. The van der Waals surface area contributed by atoms with Crippen molar-refractivity contribution in [2.45, 2.75) is 47.9 Å². The Morgan fingerprint density at radius 2 is 0.963 bits per heavy atom. The van der Waals surface area contributed by atoms with Gasteiger partial charge in [-0.1, -0.05) is 6.08 Å². The summed E-state index contributed by atoms with van der Waals surface area (Å²) in [6, 6.07) is 0. The minimum absolute atomic E-state index is 0.196. The maximum Gasteiger partial charge on any atom is 0.460 e. The zero-order chi connectivity index (χ0) is 22.5. The molecule has 1 atom stereocenters. The third kappa shape index (κ3) is 3.09. The highest BCUT2D eigenvalue weighted by Crippen LogP contribution is 2.62. The van der Waals surface area contributed by atoms with Crippen LogP contribution in [0.3, 0.4) is 0 Å². The van der Waals surface area contributed by atoms with Crippen LogP contribution in [-0.4, -0.2) is 52.5 Å². The van der Waals surface area contributed by atoms with Gasteiger partial charge in [-0.2, -0.15) is 57.1 Å². The molecule has 160 valence electrons. The molecule has 16 heteroatoms. The van der Waals surface area contributed by atoms with E-state index in [0.717, 1.165) is 0 Å². The summed E-state index contributed by atoms with van der Waals surface area (Å²) in [6.07, 6.45) is -10.2. The average Bonchev–Trinajstić information content (AvgIpc) is 2.44. The first-order valence-electron chi connectivity index (χ1n) is 5.99. The van der Waals surface area contributed by atoms with Gasteiger partial charge in [0.05, 0.1) is 0 Å². The van der Waals surface area contributed by atoms with Crippen molar-refractivity contribution in [2.75, 3.05) is 0 Å². The molecule has 2 nitrogen and oxygen atoms in total. The Morgan fingerprint density at radius 3 is 1.22 bits per heavy atom. The van der Waals surface area contributed by atoms with Crippen molar-refractivity contribution in [3.8, 4) is 0 Å². The maximum absolute atomic E-state index is 13.7. The van der Waals surface area contributed by atoms with Crippen molar-refractivity contribution in [2.24, 2.45) is 0 Å². The zero-order valence-corrected chi connectivity index (χ0v) is 12.1. The van der Waals surface area contributed by atoms with Crippen molar-refractivity contribution < 1.29 is 71.4 Å². The lowest BCUT2D eigenvalue weighted by molar-refractivity contribution is -0.445. The second kappa shape index (κ2) is 6.39. The van der Waals surface area contributed by atoms with Crippen LogP contribution in [0.25, 0.3) is 0 Å². The average molecular weight is 436 g/mol. The highest BCUT2D eigenvalue weighted by Gasteiger charge is 2.93. The molecule has 0 bridgehead atoms. The van der Waals surface area contributed by atoms with Crippen molar-refractivity contribution >= 4 is 5.97 Å². The van der Waals surface area contributed by atoms with E-state index >= 15 is 0 Å². The SMILES string of the molecule is C=CCC(F)(C(=O)O)C(F)(F)C(F)(F)C(F)(F)C(F)(F)C(F)(F)C(F)(F)F. The zero-order valence-electron chi connectivity index (χ0n) is 12.1. The molecule has 0 aliphatic heterocycles. The molecule has 0 saturated heterocycles. The van der Waals surface area contributed by atoms with Crippen LogP contribution in [-0.2, 0) is 4.79 Å². The van der Waals surface area contributed by atoms with Gasteiger partial charge in [-0.15, -0.1) is 6.58 Å². The van der Waals surface area contributed by atoms with E-state index in [1.807, 2.05) is 0 Å². The first kappa shape index (κ1) is 25.2. The monoisotopic (exact) mass is 436 g/mol. The van der Waals surface area contributed by atoms with Crippen molar-refractivity contribution in [3.63, 3.8) is 0 Å². The van der Waals surface area contributed by atoms with Crippen LogP contribution in [0.15, 0.2) is 12.7 Å². The fourth-order valence-corrected chi connectivity index (χ4v) is 1.57. The number of rotatable bonds is 8. The number of hydrogen-bond donors (Lipinski definition) is 1. The summed E-state index contributed by atoms with van der Waals surface area (Å²) >= 11 is 0. The number of halogens is 14. The molecular weight excluding hydrogens is 430 g/mol. The fourth-order valence-electron chi connectivity index (χ4n) is 1.57. The Balaban J connectivity index is 6.71. The van der Waals surface area contributed by atoms with Crippen LogP contribution in [0.4, 0.5) is 61.5 Å². The van der Waals surface area contributed by atoms with E-state index in [9.17, 15) is 66.3 Å². The lowest BCUT2D eigenvalue weighted by Gasteiger charge is -2.42. The Hall–Kier alpha value is -1.77. The summed E-state index contributed by atoms with van der Waals surface area (Å²) in [5.41, 5.74) is -5.81. The number of allylic oxidation sites excluding steroid dienone is 1. The van der Waals surface area contributed by atoms with Gasteiger partial charge in [-0.3, -0.25) is 0 Å². The van der Waals surface area contributed by atoms with Crippen LogP contribution in [0.2, 0.25) is 0 Å². The topological polar surface area (TPSA) is 37.3 Å². The molecule has 0 aliphatic carbocycles. The molecule has 27 heavy (non-hydrogen) atoms. The van der Waals surface area contributed by atoms with Crippen LogP contribution in [0.1, 0.15) is 6.42 Å². The molecule has 0 aromatic carbocycles. The van der Waals surface area contributed by atoms with E-state index in [1.54, 1.807) is 0 Å².